The van der Waals surface area contributed by atoms with Crippen LogP contribution in [-0.2, 0) is 17.8 Å². The van der Waals surface area contributed by atoms with Crippen molar-refractivity contribution in [1.29, 1.82) is 0 Å². The smallest absolute Gasteiger partial charge is 0.275 e. The van der Waals surface area contributed by atoms with Crippen molar-refractivity contribution in [1.82, 2.24) is 5.32 Å². The highest BCUT2D eigenvalue weighted by Gasteiger charge is 2.35. The van der Waals surface area contributed by atoms with E-state index in [4.69, 9.17) is 4.74 Å². The number of benzene rings is 1. The van der Waals surface area contributed by atoms with Crippen LogP contribution in [-0.4, -0.2) is 26.1 Å². The zero-order valence-corrected chi connectivity index (χ0v) is 16.9. The van der Waals surface area contributed by atoms with Gasteiger partial charge in [0.05, 0.1) is 18.5 Å². The summed E-state index contributed by atoms with van der Waals surface area (Å²) in [6.45, 7) is 1.95. The minimum atomic E-state index is 0.0798. The summed E-state index contributed by atoms with van der Waals surface area (Å²) in [4.78, 5) is 16.8. The minimum Gasteiger partial charge on any atom is -0.496 e. The summed E-state index contributed by atoms with van der Waals surface area (Å²) in [5.74, 6) is 0.888. The molecule has 6 heteroatoms. The highest BCUT2D eigenvalue weighted by atomic mass is 32.1. The van der Waals surface area contributed by atoms with Gasteiger partial charge in [-0.05, 0) is 29.0 Å². The molecule has 3 heterocycles. The molecule has 140 valence electrons. The molecule has 1 unspecified atom stereocenters. The van der Waals surface area contributed by atoms with Crippen molar-refractivity contribution in [2.45, 2.75) is 19.0 Å². The molecule has 4 nitrogen and oxygen atoms in total. The zero-order chi connectivity index (χ0) is 18.6. The highest BCUT2D eigenvalue weighted by molar-refractivity contribution is 7.10. The van der Waals surface area contributed by atoms with E-state index in [0.717, 1.165) is 24.3 Å². The lowest BCUT2D eigenvalue weighted by atomic mass is 9.98. The number of para-hydroxylation sites is 1. The fourth-order valence-electron chi connectivity index (χ4n) is 3.76. The lowest BCUT2D eigenvalue weighted by Crippen LogP contribution is -3.14. The van der Waals surface area contributed by atoms with E-state index in [1.807, 2.05) is 35.6 Å². The van der Waals surface area contributed by atoms with Gasteiger partial charge in [0.2, 0.25) is 0 Å². The maximum atomic E-state index is 12.7. The van der Waals surface area contributed by atoms with Crippen molar-refractivity contribution in [3.8, 4) is 5.75 Å². The van der Waals surface area contributed by atoms with Crippen LogP contribution in [0.5, 0.6) is 5.75 Å². The molecule has 1 aliphatic heterocycles. The average Bonchev–Trinajstić information content (AvgIpc) is 3.38. The predicted octanol–water partition coefficient (Wildman–Crippen LogP) is 2.67. The Morgan fingerprint density at radius 2 is 2.07 bits per heavy atom. The van der Waals surface area contributed by atoms with Gasteiger partial charge in [-0.1, -0.05) is 24.3 Å². The standard InChI is InChI=1S/C21H22N2O2S2/c1-25-17-6-3-2-5-15(17)13-22-20(24)14-23-10-8-18-16(9-12-27-18)21(23)19-7-4-11-26-19/h2-7,9,11-12,21H,8,10,13-14H2,1H3,(H,22,24)/p+1/t21-/m1/s1. The molecule has 4 rings (SSSR count). The Morgan fingerprint density at radius 3 is 2.89 bits per heavy atom. The molecule has 1 aliphatic rings. The van der Waals surface area contributed by atoms with Crippen LogP contribution >= 0.6 is 22.7 Å². The molecule has 1 aromatic carbocycles. The average molecular weight is 400 g/mol. The molecular formula is C21H23N2O2S2+. The molecule has 0 radical (unpaired) electrons. The van der Waals surface area contributed by atoms with E-state index in [0.29, 0.717) is 13.1 Å². The van der Waals surface area contributed by atoms with Crippen LogP contribution in [0.2, 0.25) is 0 Å². The maximum absolute atomic E-state index is 12.7. The molecule has 0 saturated heterocycles. The Morgan fingerprint density at radius 1 is 1.19 bits per heavy atom. The third-order valence-corrected chi connectivity index (χ3v) is 6.99. The van der Waals surface area contributed by atoms with Crippen LogP contribution < -0.4 is 15.0 Å². The molecule has 2 atom stereocenters. The molecule has 0 saturated carbocycles. The third-order valence-electron chi connectivity index (χ3n) is 5.06. The topological polar surface area (TPSA) is 42.8 Å². The predicted molar refractivity (Wildman–Crippen MR) is 110 cm³/mol. The second-order valence-electron chi connectivity index (χ2n) is 6.67. The minimum absolute atomic E-state index is 0.0798. The first-order chi connectivity index (χ1) is 13.3. The molecular weight excluding hydrogens is 376 g/mol. The normalized spacial score (nSPS) is 18.7. The number of amides is 1. The Hall–Kier alpha value is -2.15. The first-order valence-corrected chi connectivity index (χ1v) is 10.8. The number of methoxy groups -OCH3 is 1. The van der Waals surface area contributed by atoms with Crippen LogP contribution in [0.3, 0.4) is 0 Å². The maximum Gasteiger partial charge on any atom is 0.275 e. The SMILES string of the molecule is COc1ccccc1CNC(=O)C[NH+]1CCc2sccc2[C@@H]1c1cccs1. The first-order valence-electron chi connectivity index (χ1n) is 9.09. The molecule has 3 aromatic rings. The van der Waals surface area contributed by atoms with Gasteiger partial charge < -0.3 is 15.0 Å². The molecule has 2 aromatic heterocycles. The summed E-state index contributed by atoms with van der Waals surface area (Å²) in [5.41, 5.74) is 2.39. The fraction of sp³-hybridized carbons (Fsp3) is 0.286. The molecule has 0 fully saturated rings. The van der Waals surface area contributed by atoms with E-state index >= 15 is 0 Å². The number of hydrogen-bond donors (Lipinski definition) is 2. The molecule has 27 heavy (non-hydrogen) atoms. The van der Waals surface area contributed by atoms with Crippen molar-refractivity contribution in [2.75, 3.05) is 20.2 Å². The molecule has 1 amide bonds. The van der Waals surface area contributed by atoms with Crippen molar-refractivity contribution in [2.24, 2.45) is 0 Å². The van der Waals surface area contributed by atoms with Crippen molar-refractivity contribution in [3.05, 3.63) is 74.1 Å². The van der Waals surface area contributed by atoms with Crippen molar-refractivity contribution in [3.63, 3.8) is 0 Å². The number of carbonyl (C=O) groups excluding carboxylic acids is 1. The lowest BCUT2D eigenvalue weighted by Gasteiger charge is -2.31. The van der Waals surface area contributed by atoms with Crippen molar-refractivity contribution >= 4 is 28.6 Å². The Kier molecular flexibility index (Phi) is 5.57. The van der Waals surface area contributed by atoms with Crippen LogP contribution in [0, 0.1) is 0 Å². The third kappa shape index (κ3) is 3.93. The largest absolute Gasteiger partial charge is 0.496 e. The summed E-state index contributed by atoms with van der Waals surface area (Å²) in [7, 11) is 1.66. The van der Waals surface area contributed by atoms with Gasteiger partial charge in [-0.2, -0.15) is 0 Å². The van der Waals surface area contributed by atoms with Crippen LogP contribution in [0.25, 0.3) is 0 Å². The quantitative estimate of drug-likeness (QED) is 0.669. The molecule has 0 spiro atoms. The van der Waals surface area contributed by atoms with E-state index in [-0.39, 0.29) is 11.9 Å². The molecule has 0 aliphatic carbocycles. The summed E-state index contributed by atoms with van der Waals surface area (Å²) >= 11 is 3.61. The van der Waals surface area contributed by atoms with Gasteiger partial charge in [0.25, 0.3) is 5.91 Å². The van der Waals surface area contributed by atoms with Gasteiger partial charge in [0.15, 0.2) is 6.54 Å². The van der Waals surface area contributed by atoms with Gasteiger partial charge in [-0.3, -0.25) is 4.79 Å². The van der Waals surface area contributed by atoms with E-state index in [2.05, 4.69) is 34.3 Å². The van der Waals surface area contributed by atoms with Gasteiger partial charge in [-0.25, -0.2) is 0 Å². The first kappa shape index (κ1) is 18.2. The number of fused-ring (bicyclic) bond motifs is 1. The Bertz CT molecular complexity index is 905. The zero-order valence-electron chi connectivity index (χ0n) is 15.2. The second-order valence-corrected chi connectivity index (χ2v) is 8.65. The summed E-state index contributed by atoms with van der Waals surface area (Å²) in [5, 5.41) is 7.37. The van der Waals surface area contributed by atoms with Crippen LogP contribution in [0.1, 0.15) is 26.9 Å². The van der Waals surface area contributed by atoms with Crippen molar-refractivity contribution < 1.29 is 14.4 Å². The van der Waals surface area contributed by atoms with Crippen LogP contribution in [0.4, 0.5) is 0 Å². The number of quaternary nitrogens is 1. The van der Waals surface area contributed by atoms with E-state index in [9.17, 15) is 4.79 Å². The molecule has 2 N–H and O–H groups in total. The van der Waals surface area contributed by atoms with E-state index in [1.165, 1.54) is 20.2 Å². The highest BCUT2D eigenvalue weighted by Crippen LogP contribution is 2.31. The van der Waals surface area contributed by atoms with Gasteiger partial charge >= 0.3 is 0 Å². The second kappa shape index (κ2) is 8.25. The Balaban J connectivity index is 1.46. The number of hydrogen-bond acceptors (Lipinski definition) is 4. The summed E-state index contributed by atoms with van der Waals surface area (Å²) in [6, 6.07) is 14.6. The number of carbonyl (C=O) groups is 1. The van der Waals surface area contributed by atoms with E-state index < -0.39 is 0 Å². The van der Waals surface area contributed by atoms with Crippen LogP contribution in [0.15, 0.2) is 53.2 Å². The lowest BCUT2D eigenvalue weighted by molar-refractivity contribution is -0.919. The Labute approximate surface area is 167 Å². The number of nitrogens with one attached hydrogen (secondary N) is 2. The van der Waals surface area contributed by atoms with Gasteiger partial charge in [-0.15, -0.1) is 22.7 Å². The van der Waals surface area contributed by atoms with E-state index in [1.54, 1.807) is 18.4 Å². The van der Waals surface area contributed by atoms with Gasteiger partial charge in [0, 0.05) is 29.0 Å². The monoisotopic (exact) mass is 399 g/mol. The van der Waals surface area contributed by atoms with Gasteiger partial charge in [0.1, 0.15) is 11.8 Å². The number of thiophene rings is 2. The molecule has 0 bridgehead atoms. The number of ether oxygens (including phenoxy) is 1. The number of rotatable bonds is 6. The summed E-state index contributed by atoms with van der Waals surface area (Å²) < 4.78 is 5.37. The summed E-state index contributed by atoms with van der Waals surface area (Å²) in [6.07, 6.45) is 1.05. The fourth-order valence-corrected chi connectivity index (χ4v) is 5.58.